The van der Waals surface area contributed by atoms with Crippen molar-refractivity contribution < 1.29 is 8.42 Å². The Morgan fingerprint density at radius 2 is 1.52 bits per heavy atom. The van der Waals surface area contributed by atoms with Crippen LogP contribution in [0.25, 0.3) is 0 Å². The molecule has 1 atom stereocenters. The van der Waals surface area contributed by atoms with Gasteiger partial charge in [-0.05, 0) is 0 Å². The van der Waals surface area contributed by atoms with Crippen molar-refractivity contribution in [2.24, 2.45) is 0 Å². The Bertz CT molecular complexity index is 1020. The zero-order chi connectivity index (χ0) is 20.5. The molecule has 0 fully saturated rings. The molecule has 5 heteroatoms. The third-order valence-electron chi connectivity index (χ3n) is 4.45. The minimum absolute atomic E-state index is 0.169. The number of rotatable bonds is 9. The number of aryl methyl sites for hydroxylation is 1. The molecular weight excluding hydrogens is 445 g/mol. The van der Waals surface area contributed by atoms with Gasteiger partial charge in [-0.2, -0.15) is 0 Å². The van der Waals surface area contributed by atoms with Gasteiger partial charge in [0.25, 0.3) is 0 Å². The molecule has 1 N–H and O–H groups in total. The van der Waals surface area contributed by atoms with Crippen molar-refractivity contribution >= 4 is 29.3 Å². The second-order valence-electron chi connectivity index (χ2n) is 6.84. The molecule has 0 aliphatic rings. The van der Waals surface area contributed by atoms with Crippen LogP contribution >= 0.6 is 0 Å². The van der Waals surface area contributed by atoms with Gasteiger partial charge >= 0.3 is 180 Å². The first-order valence-electron chi connectivity index (χ1n) is 9.49. The van der Waals surface area contributed by atoms with Crippen LogP contribution in [0.1, 0.15) is 11.1 Å². The van der Waals surface area contributed by atoms with Gasteiger partial charge in [-0.15, -0.1) is 0 Å². The first-order valence-corrected chi connectivity index (χ1v) is 13.1. The van der Waals surface area contributed by atoms with Crippen LogP contribution in [0, 0.1) is 6.92 Å². The standard InChI is InChI=1S/C24H25NO2SSe/c1-20-12-14-23(15-13-20)28(26,27)17-16-25-22(18-21-8-4-2-5-9-21)19-29-24-10-6-3-7-11-24/h2-17,22,25H,18-19H2,1H3/b17-16+. The van der Waals surface area contributed by atoms with Crippen molar-refractivity contribution in [2.45, 2.75) is 29.6 Å². The summed E-state index contributed by atoms with van der Waals surface area (Å²) < 4.78 is 26.4. The van der Waals surface area contributed by atoms with Crippen molar-refractivity contribution in [3.05, 3.63) is 108 Å². The van der Waals surface area contributed by atoms with E-state index < -0.39 is 9.84 Å². The molecular formula is C24H25NO2SSe. The van der Waals surface area contributed by atoms with Gasteiger partial charge in [0.05, 0.1) is 0 Å². The Morgan fingerprint density at radius 3 is 2.17 bits per heavy atom. The average Bonchev–Trinajstić information content (AvgIpc) is 2.73. The number of hydrogen-bond donors (Lipinski definition) is 1. The first-order chi connectivity index (χ1) is 14.0. The van der Waals surface area contributed by atoms with E-state index in [0.29, 0.717) is 19.9 Å². The summed E-state index contributed by atoms with van der Waals surface area (Å²) >= 11 is 0.317. The summed E-state index contributed by atoms with van der Waals surface area (Å²) in [5.41, 5.74) is 2.28. The summed E-state index contributed by atoms with van der Waals surface area (Å²) in [6.45, 7) is 1.94. The average molecular weight is 470 g/mol. The van der Waals surface area contributed by atoms with E-state index in [2.05, 4.69) is 41.7 Å². The molecule has 3 aromatic carbocycles. The summed E-state index contributed by atoms with van der Waals surface area (Å²) in [7, 11) is -3.45. The van der Waals surface area contributed by atoms with Gasteiger partial charge in [0.1, 0.15) is 0 Å². The van der Waals surface area contributed by atoms with E-state index >= 15 is 0 Å². The topological polar surface area (TPSA) is 46.2 Å². The van der Waals surface area contributed by atoms with E-state index in [0.717, 1.165) is 17.3 Å². The molecule has 0 bridgehead atoms. The maximum absolute atomic E-state index is 12.5. The van der Waals surface area contributed by atoms with E-state index in [1.165, 1.54) is 15.4 Å². The maximum atomic E-state index is 12.5. The zero-order valence-corrected chi connectivity index (χ0v) is 18.9. The van der Waals surface area contributed by atoms with Gasteiger partial charge in [0.2, 0.25) is 0 Å². The van der Waals surface area contributed by atoms with E-state index in [1.54, 1.807) is 18.3 Å². The van der Waals surface area contributed by atoms with Crippen LogP contribution < -0.4 is 9.78 Å². The van der Waals surface area contributed by atoms with Crippen LogP contribution in [0.5, 0.6) is 0 Å². The first kappa shape index (κ1) is 21.4. The Balaban J connectivity index is 1.68. The second-order valence-corrected chi connectivity index (χ2v) is 11.0. The van der Waals surface area contributed by atoms with Crippen molar-refractivity contribution in [3.8, 4) is 0 Å². The van der Waals surface area contributed by atoms with Crippen molar-refractivity contribution in [1.82, 2.24) is 5.32 Å². The molecule has 1 unspecified atom stereocenters. The molecule has 0 aliphatic carbocycles. The fourth-order valence-corrected chi connectivity index (χ4v) is 5.79. The molecule has 0 saturated carbocycles. The van der Waals surface area contributed by atoms with Gasteiger partial charge in [0, 0.05) is 0 Å². The third-order valence-corrected chi connectivity index (χ3v) is 8.34. The van der Waals surface area contributed by atoms with Crippen LogP contribution in [0.4, 0.5) is 0 Å². The van der Waals surface area contributed by atoms with Gasteiger partial charge in [0.15, 0.2) is 0 Å². The molecule has 0 amide bonds. The zero-order valence-electron chi connectivity index (χ0n) is 16.4. The predicted octanol–water partition coefficient (Wildman–Crippen LogP) is 3.89. The van der Waals surface area contributed by atoms with Crippen LogP contribution in [0.2, 0.25) is 5.32 Å². The molecule has 0 saturated heterocycles. The fourth-order valence-electron chi connectivity index (χ4n) is 2.85. The van der Waals surface area contributed by atoms with Crippen LogP contribution in [0.3, 0.4) is 0 Å². The molecule has 0 aromatic heterocycles. The second kappa shape index (κ2) is 10.4. The summed E-state index contributed by atoms with van der Waals surface area (Å²) in [5.74, 6) is 0. The van der Waals surface area contributed by atoms with E-state index in [9.17, 15) is 8.42 Å². The SMILES string of the molecule is Cc1ccc(S(=O)(=O)/C=C/NC(C[Se]c2ccccc2)Cc2ccccc2)cc1. The molecule has 29 heavy (non-hydrogen) atoms. The summed E-state index contributed by atoms with van der Waals surface area (Å²) in [5, 5.41) is 5.57. The van der Waals surface area contributed by atoms with Crippen molar-refractivity contribution in [2.75, 3.05) is 0 Å². The van der Waals surface area contributed by atoms with Gasteiger partial charge in [-0.25, -0.2) is 0 Å². The molecule has 150 valence electrons. The van der Waals surface area contributed by atoms with E-state index in [4.69, 9.17) is 0 Å². The fraction of sp³-hybridized carbons (Fsp3) is 0.167. The Kier molecular flexibility index (Phi) is 7.70. The summed E-state index contributed by atoms with van der Waals surface area (Å²) in [6.07, 6.45) is 2.44. The van der Waals surface area contributed by atoms with Gasteiger partial charge in [-0.1, -0.05) is 0 Å². The van der Waals surface area contributed by atoms with Crippen molar-refractivity contribution in [1.29, 1.82) is 0 Å². The predicted molar refractivity (Wildman–Crippen MR) is 121 cm³/mol. The molecule has 0 heterocycles. The molecule has 3 nitrogen and oxygen atoms in total. The molecule has 0 spiro atoms. The number of nitrogens with one attached hydrogen (secondary N) is 1. The monoisotopic (exact) mass is 471 g/mol. The van der Waals surface area contributed by atoms with Crippen molar-refractivity contribution in [3.63, 3.8) is 0 Å². The minimum atomic E-state index is -3.45. The molecule has 3 rings (SSSR count). The number of hydrogen-bond acceptors (Lipinski definition) is 3. The van der Waals surface area contributed by atoms with Gasteiger partial charge < -0.3 is 0 Å². The summed E-state index contributed by atoms with van der Waals surface area (Å²) in [4.78, 5) is 0.314. The number of sulfone groups is 1. The molecule has 3 aromatic rings. The summed E-state index contributed by atoms with van der Waals surface area (Å²) in [6, 6.07) is 27.8. The van der Waals surface area contributed by atoms with Crippen LogP contribution in [-0.2, 0) is 16.3 Å². The quantitative estimate of drug-likeness (QED) is 0.483. The third kappa shape index (κ3) is 6.90. The Morgan fingerprint density at radius 1 is 0.897 bits per heavy atom. The Labute approximate surface area is 180 Å². The van der Waals surface area contributed by atoms with Crippen LogP contribution in [-0.4, -0.2) is 29.4 Å². The Hall–Kier alpha value is -2.33. The van der Waals surface area contributed by atoms with E-state index in [-0.39, 0.29) is 6.04 Å². The molecule has 0 aliphatic heterocycles. The van der Waals surface area contributed by atoms with Gasteiger partial charge in [-0.3, -0.25) is 0 Å². The van der Waals surface area contributed by atoms with E-state index in [1.807, 2.05) is 43.3 Å². The normalized spacial score (nSPS) is 12.7. The number of benzene rings is 3. The molecule has 0 radical (unpaired) electrons. The van der Waals surface area contributed by atoms with Crippen LogP contribution in [0.15, 0.2) is 101 Å².